The van der Waals surface area contributed by atoms with Crippen molar-refractivity contribution in [2.24, 2.45) is 0 Å². The molecule has 1 aliphatic rings. The van der Waals surface area contributed by atoms with Gasteiger partial charge in [0.1, 0.15) is 0 Å². The highest BCUT2D eigenvalue weighted by Crippen LogP contribution is 2.32. The van der Waals surface area contributed by atoms with Gasteiger partial charge in [0.15, 0.2) is 0 Å². The first-order chi connectivity index (χ1) is 7.90. The lowest BCUT2D eigenvalue weighted by molar-refractivity contribution is 0.267. The number of aliphatic hydroxyl groups is 1. The topological polar surface area (TPSA) is 32.3 Å². The van der Waals surface area contributed by atoms with Gasteiger partial charge in [0, 0.05) is 12.6 Å². The van der Waals surface area contributed by atoms with E-state index in [1.54, 1.807) is 0 Å². The van der Waals surface area contributed by atoms with Gasteiger partial charge < -0.3 is 10.4 Å². The van der Waals surface area contributed by atoms with Gasteiger partial charge in [-0.3, -0.25) is 0 Å². The summed E-state index contributed by atoms with van der Waals surface area (Å²) in [5.74, 6) is 0.744. The van der Waals surface area contributed by atoms with Gasteiger partial charge in [0.25, 0.3) is 0 Å². The third-order valence-electron chi connectivity index (χ3n) is 3.54. The molecule has 2 nitrogen and oxygen atoms in total. The van der Waals surface area contributed by atoms with E-state index < -0.39 is 0 Å². The zero-order valence-corrected chi connectivity index (χ0v) is 9.73. The second-order valence-electron chi connectivity index (χ2n) is 4.64. The summed E-state index contributed by atoms with van der Waals surface area (Å²) in [5, 5.41) is 12.2. The molecule has 2 N–H and O–H groups in total. The Bertz CT molecular complexity index is 291. The maximum atomic E-state index is 8.76. The molecule has 0 amide bonds. The van der Waals surface area contributed by atoms with E-state index in [9.17, 15) is 0 Å². The Labute approximate surface area is 97.7 Å². The Morgan fingerprint density at radius 1 is 1.06 bits per heavy atom. The van der Waals surface area contributed by atoms with Gasteiger partial charge in [-0.15, -0.1) is 0 Å². The third-order valence-corrected chi connectivity index (χ3v) is 3.54. The summed E-state index contributed by atoms with van der Waals surface area (Å²) in [6, 6.07) is 11.4. The molecule has 0 heterocycles. The minimum absolute atomic E-state index is 0.249. The second-order valence-corrected chi connectivity index (χ2v) is 4.64. The van der Waals surface area contributed by atoms with E-state index in [1.165, 1.54) is 31.2 Å². The molecule has 1 aromatic carbocycles. The van der Waals surface area contributed by atoms with Crippen LogP contribution in [0.1, 0.15) is 37.2 Å². The van der Waals surface area contributed by atoms with Crippen LogP contribution in [0.2, 0.25) is 0 Å². The van der Waals surface area contributed by atoms with E-state index in [2.05, 4.69) is 35.6 Å². The summed E-state index contributed by atoms with van der Waals surface area (Å²) in [5.41, 5.74) is 1.49. The number of hydrogen-bond donors (Lipinski definition) is 2. The molecule has 1 aromatic rings. The molecule has 0 radical (unpaired) electrons. The minimum Gasteiger partial charge on any atom is -0.395 e. The average Bonchev–Trinajstić information content (AvgIpc) is 2.38. The van der Waals surface area contributed by atoms with Gasteiger partial charge in [-0.1, -0.05) is 30.3 Å². The molecular formula is C14H21NO. The molecule has 2 rings (SSSR count). The zero-order valence-electron chi connectivity index (χ0n) is 9.73. The maximum Gasteiger partial charge on any atom is 0.0556 e. The van der Waals surface area contributed by atoms with E-state index in [0.717, 1.165) is 12.5 Å². The highest BCUT2D eigenvalue weighted by Gasteiger charge is 2.21. The van der Waals surface area contributed by atoms with Crippen LogP contribution in [0.5, 0.6) is 0 Å². The van der Waals surface area contributed by atoms with Crippen LogP contribution in [0, 0.1) is 0 Å². The van der Waals surface area contributed by atoms with Gasteiger partial charge >= 0.3 is 0 Å². The first kappa shape index (κ1) is 11.6. The Hall–Kier alpha value is -0.860. The van der Waals surface area contributed by atoms with E-state index >= 15 is 0 Å². The number of nitrogens with one attached hydrogen (secondary N) is 1. The SMILES string of the molecule is OCCNC1CCC(c2ccccc2)CC1. The van der Waals surface area contributed by atoms with Crippen LogP contribution in [0.25, 0.3) is 0 Å². The van der Waals surface area contributed by atoms with Gasteiger partial charge in [-0.25, -0.2) is 0 Å². The first-order valence-electron chi connectivity index (χ1n) is 6.29. The van der Waals surface area contributed by atoms with Crippen LogP contribution >= 0.6 is 0 Å². The zero-order chi connectivity index (χ0) is 11.2. The third kappa shape index (κ3) is 3.06. The van der Waals surface area contributed by atoms with Gasteiger partial charge in [-0.2, -0.15) is 0 Å². The molecule has 0 bridgehead atoms. The van der Waals surface area contributed by atoms with Crippen LogP contribution in [0.4, 0.5) is 0 Å². The fourth-order valence-electron chi connectivity index (χ4n) is 2.62. The van der Waals surface area contributed by atoms with Crippen LogP contribution in [0.3, 0.4) is 0 Å². The number of aliphatic hydroxyl groups excluding tert-OH is 1. The van der Waals surface area contributed by atoms with Crippen molar-refractivity contribution in [2.75, 3.05) is 13.2 Å². The lowest BCUT2D eigenvalue weighted by Gasteiger charge is -2.29. The van der Waals surface area contributed by atoms with Crippen LogP contribution in [0.15, 0.2) is 30.3 Å². The molecule has 1 saturated carbocycles. The normalized spacial score (nSPS) is 25.6. The molecule has 88 valence electrons. The van der Waals surface area contributed by atoms with Gasteiger partial charge in [-0.05, 0) is 37.2 Å². The fourth-order valence-corrected chi connectivity index (χ4v) is 2.62. The first-order valence-corrected chi connectivity index (χ1v) is 6.29. The smallest absolute Gasteiger partial charge is 0.0556 e. The lowest BCUT2D eigenvalue weighted by atomic mass is 9.82. The number of rotatable bonds is 4. The summed E-state index contributed by atoms with van der Waals surface area (Å²) >= 11 is 0. The summed E-state index contributed by atoms with van der Waals surface area (Å²) in [7, 11) is 0. The predicted molar refractivity (Wildman–Crippen MR) is 66.5 cm³/mol. The van der Waals surface area contributed by atoms with Gasteiger partial charge in [0.2, 0.25) is 0 Å². The van der Waals surface area contributed by atoms with Crippen molar-refractivity contribution in [1.29, 1.82) is 0 Å². The summed E-state index contributed by atoms with van der Waals surface area (Å²) in [6.45, 7) is 0.985. The molecule has 0 aliphatic heterocycles. The number of hydrogen-bond acceptors (Lipinski definition) is 2. The van der Waals surface area contributed by atoms with Crippen molar-refractivity contribution in [1.82, 2.24) is 5.32 Å². The Kier molecular flexibility index (Phi) is 4.37. The monoisotopic (exact) mass is 219 g/mol. The number of benzene rings is 1. The van der Waals surface area contributed by atoms with Crippen molar-refractivity contribution >= 4 is 0 Å². The highest BCUT2D eigenvalue weighted by molar-refractivity contribution is 5.20. The van der Waals surface area contributed by atoms with Crippen molar-refractivity contribution in [2.45, 2.75) is 37.6 Å². The fraction of sp³-hybridized carbons (Fsp3) is 0.571. The Morgan fingerprint density at radius 2 is 1.75 bits per heavy atom. The predicted octanol–water partition coefficient (Wildman–Crippen LogP) is 2.29. The standard InChI is InChI=1S/C14H21NO/c16-11-10-15-14-8-6-13(7-9-14)12-4-2-1-3-5-12/h1-5,13-16H,6-11H2. The van der Waals surface area contributed by atoms with Crippen LogP contribution < -0.4 is 5.32 Å². The van der Waals surface area contributed by atoms with Gasteiger partial charge in [0.05, 0.1) is 6.61 Å². The molecule has 1 fully saturated rings. The van der Waals surface area contributed by atoms with Crippen LogP contribution in [-0.2, 0) is 0 Å². The largest absolute Gasteiger partial charge is 0.395 e. The van der Waals surface area contributed by atoms with E-state index in [-0.39, 0.29) is 6.61 Å². The summed E-state index contributed by atoms with van der Waals surface area (Å²) in [4.78, 5) is 0. The van der Waals surface area contributed by atoms with Crippen LogP contribution in [-0.4, -0.2) is 24.3 Å². The van der Waals surface area contributed by atoms with E-state index in [1.807, 2.05) is 0 Å². The quantitative estimate of drug-likeness (QED) is 0.814. The molecule has 0 spiro atoms. The lowest BCUT2D eigenvalue weighted by Crippen LogP contribution is -2.34. The van der Waals surface area contributed by atoms with Crippen molar-refractivity contribution in [3.8, 4) is 0 Å². The molecule has 0 atom stereocenters. The molecule has 1 aliphatic carbocycles. The molecule has 0 aromatic heterocycles. The molecule has 0 saturated heterocycles. The van der Waals surface area contributed by atoms with E-state index in [4.69, 9.17) is 5.11 Å². The Morgan fingerprint density at radius 3 is 2.38 bits per heavy atom. The summed E-state index contributed by atoms with van der Waals surface area (Å²) < 4.78 is 0. The molecule has 16 heavy (non-hydrogen) atoms. The highest BCUT2D eigenvalue weighted by atomic mass is 16.3. The molecule has 0 unspecified atom stereocenters. The molecule has 2 heteroatoms. The van der Waals surface area contributed by atoms with E-state index in [0.29, 0.717) is 6.04 Å². The maximum absolute atomic E-state index is 8.76. The Balaban J connectivity index is 1.81. The average molecular weight is 219 g/mol. The summed E-state index contributed by atoms with van der Waals surface area (Å²) in [6.07, 6.45) is 5.01. The second kappa shape index (κ2) is 6.02. The van der Waals surface area contributed by atoms with Crippen molar-refractivity contribution in [3.05, 3.63) is 35.9 Å². The van der Waals surface area contributed by atoms with Crippen molar-refractivity contribution in [3.63, 3.8) is 0 Å². The molecular weight excluding hydrogens is 198 g/mol. The minimum atomic E-state index is 0.249. The van der Waals surface area contributed by atoms with Crippen molar-refractivity contribution < 1.29 is 5.11 Å².